The lowest BCUT2D eigenvalue weighted by Gasteiger charge is -2.10. The van der Waals surface area contributed by atoms with E-state index in [1.165, 1.54) is 38.4 Å². The molecule has 0 aliphatic carbocycles. The van der Waals surface area contributed by atoms with Crippen LogP contribution >= 0.6 is 0 Å². The predicted molar refractivity (Wildman–Crippen MR) is 121 cm³/mol. The summed E-state index contributed by atoms with van der Waals surface area (Å²) in [4.78, 5) is 8.25. The molecular weight excluding hydrogens is 445 g/mol. The van der Waals surface area contributed by atoms with Crippen molar-refractivity contribution in [3.05, 3.63) is 66.2 Å². The van der Waals surface area contributed by atoms with E-state index in [0.717, 1.165) is 23.7 Å². The molecule has 0 saturated heterocycles. The molecule has 0 atom stereocenters. The standard InChI is InChI=1S/C23H22FN5O3S/c1-14(2)33(30,31)21-9-8-17(10-18(21)24)19-12-26-13-20(27-19)23-29-28-22(32-23)16-6-4-15(5-7-16)11-25-3/h4-10,12-14,25H,11H2,1-3H3. The topological polar surface area (TPSA) is 111 Å². The van der Waals surface area contributed by atoms with E-state index in [0.29, 0.717) is 22.8 Å². The Bertz CT molecular complexity index is 1390. The number of aromatic nitrogens is 4. The molecule has 4 rings (SSSR count). The summed E-state index contributed by atoms with van der Waals surface area (Å²) in [5.41, 5.74) is 2.93. The van der Waals surface area contributed by atoms with Crippen LogP contribution in [0.5, 0.6) is 0 Å². The van der Waals surface area contributed by atoms with E-state index in [2.05, 4.69) is 25.5 Å². The van der Waals surface area contributed by atoms with Gasteiger partial charge in [-0.1, -0.05) is 18.2 Å². The van der Waals surface area contributed by atoms with Gasteiger partial charge in [0.15, 0.2) is 9.84 Å². The fourth-order valence-electron chi connectivity index (χ4n) is 3.17. The first kappa shape index (κ1) is 22.7. The summed E-state index contributed by atoms with van der Waals surface area (Å²) in [6, 6.07) is 11.6. The third kappa shape index (κ3) is 4.67. The normalized spacial score (nSPS) is 11.8. The molecule has 0 saturated carbocycles. The Kier molecular flexibility index (Phi) is 6.30. The number of nitrogens with one attached hydrogen (secondary N) is 1. The van der Waals surface area contributed by atoms with E-state index in [4.69, 9.17) is 4.42 Å². The molecule has 8 nitrogen and oxygen atoms in total. The van der Waals surface area contributed by atoms with Crippen LogP contribution in [0, 0.1) is 5.82 Å². The average molecular weight is 468 g/mol. The van der Waals surface area contributed by atoms with E-state index in [1.54, 1.807) is 0 Å². The van der Waals surface area contributed by atoms with Crippen LogP contribution < -0.4 is 5.32 Å². The van der Waals surface area contributed by atoms with Crippen molar-refractivity contribution in [2.45, 2.75) is 30.5 Å². The number of sulfone groups is 1. The number of halogens is 1. The molecule has 170 valence electrons. The van der Waals surface area contributed by atoms with Crippen LogP contribution in [0.3, 0.4) is 0 Å². The fourth-order valence-corrected chi connectivity index (χ4v) is 4.26. The minimum absolute atomic E-state index is 0.165. The summed E-state index contributed by atoms with van der Waals surface area (Å²) in [6.45, 7) is 3.77. The van der Waals surface area contributed by atoms with Gasteiger partial charge in [-0.2, -0.15) is 0 Å². The number of benzene rings is 2. The van der Waals surface area contributed by atoms with Crippen molar-refractivity contribution in [1.82, 2.24) is 25.5 Å². The minimum Gasteiger partial charge on any atom is -0.415 e. The predicted octanol–water partition coefficient (Wildman–Crippen LogP) is 3.90. The highest BCUT2D eigenvalue weighted by Crippen LogP contribution is 2.27. The van der Waals surface area contributed by atoms with Gasteiger partial charge in [-0.3, -0.25) is 4.98 Å². The lowest BCUT2D eigenvalue weighted by atomic mass is 10.1. The second kappa shape index (κ2) is 9.16. The van der Waals surface area contributed by atoms with Gasteiger partial charge in [0.05, 0.1) is 23.3 Å². The number of rotatable bonds is 7. The Morgan fingerprint density at radius 2 is 1.64 bits per heavy atom. The van der Waals surface area contributed by atoms with Crippen LogP contribution in [0.4, 0.5) is 4.39 Å². The number of hydrogen-bond acceptors (Lipinski definition) is 8. The van der Waals surface area contributed by atoms with Gasteiger partial charge in [0.2, 0.25) is 5.89 Å². The van der Waals surface area contributed by atoms with Crippen molar-refractivity contribution in [3.63, 3.8) is 0 Å². The molecule has 0 radical (unpaired) electrons. The molecule has 4 aromatic rings. The molecule has 0 aliphatic rings. The second-order valence-corrected chi connectivity index (χ2v) is 10.1. The van der Waals surface area contributed by atoms with Gasteiger partial charge in [-0.05, 0) is 50.7 Å². The third-order valence-corrected chi connectivity index (χ3v) is 7.20. The van der Waals surface area contributed by atoms with Crippen LogP contribution in [0.1, 0.15) is 19.4 Å². The monoisotopic (exact) mass is 467 g/mol. The largest absolute Gasteiger partial charge is 0.415 e. The van der Waals surface area contributed by atoms with Crippen LogP contribution in [-0.4, -0.2) is 40.9 Å². The molecule has 2 heterocycles. The maximum Gasteiger partial charge on any atom is 0.268 e. The Hall–Kier alpha value is -3.50. The molecule has 0 amide bonds. The van der Waals surface area contributed by atoms with Gasteiger partial charge in [0.1, 0.15) is 16.4 Å². The molecule has 0 aliphatic heterocycles. The zero-order chi connectivity index (χ0) is 23.6. The summed E-state index contributed by atoms with van der Waals surface area (Å²) in [5, 5.41) is 10.5. The summed E-state index contributed by atoms with van der Waals surface area (Å²) >= 11 is 0. The molecule has 2 aromatic carbocycles. The van der Waals surface area contributed by atoms with Crippen LogP contribution in [0.25, 0.3) is 34.3 Å². The SMILES string of the molecule is CNCc1ccc(-c2nnc(-c3cncc(-c4ccc(S(=O)(=O)C(C)C)c(F)c4)n3)o2)cc1. The van der Waals surface area contributed by atoms with Gasteiger partial charge < -0.3 is 9.73 Å². The van der Waals surface area contributed by atoms with Crippen molar-refractivity contribution in [2.75, 3.05) is 7.05 Å². The van der Waals surface area contributed by atoms with Crippen molar-refractivity contribution >= 4 is 9.84 Å². The highest BCUT2D eigenvalue weighted by molar-refractivity contribution is 7.92. The Labute approximate surface area is 190 Å². The van der Waals surface area contributed by atoms with Gasteiger partial charge in [-0.15, -0.1) is 10.2 Å². The van der Waals surface area contributed by atoms with E-state index in [-0.39, 0.29) is 10.8 Å². The molecular formula is C23H22FN5O3S. The average Bonchev–Trinajstić information content (AvgIpc) is 3.30. The lowest BCUT2D eigenvalue weighted by Crippen LogP contribution is -2.15. The molecule has 1 N–H and O–H groups in total. The molecule has 0 spiro atoms. The van der Waals surface area contributed by atoms with Crippen molar-refractivity contribution in [3.8, 4) is 34.3 Å². The summed E-state index contributed by atoms with van der Waals surface area (Å²) in [6.07, 6.45) is 2.91. The van der Waals surface area contributed by atoms with Crippen molar-refractivity contribution < 1.29 is 17.2 Å². The minimum atomic E-state index is -3.74. The summed E-state index contributed by atoms with van der Waals surface area (Å²) in [5.74, 6) is -0.337. The third-order valence-electron chi connectivity index (χ3n) is 5.02. The van der Waals surface area contributed by atoms with Crippen LogP contribution in [0.15, 0.2) is 64.2 Å². The van der Waals surface area contributed by atoms with Crippen molar-refractivity contribution in [1.29, 1.82) is 0 Å². The maximum absolute atomic E-state index is 14.6. The van der Waals surface area contributed by atoms with Crippen LogP contribution in [-0.2, 0) is 16.4 Å². The highest BCUT2D eigenvalue weighted by Gasteiger charge is 2.23. The van der Waals surface area contributed by atoms with Gasteiger partial charge in [0.25, 0.3) is 5.89 Å². The van der Waals surface area contributed by atoms with E-state index >= 15 is 0 Å². The lowest BCUT2D eigenvalue weighted by molar-refractivity contribution is 0.561. The van der Waals surface area contributed by atoms with Gasteiger partial charge in [-0.25, -0.2) is 17.8 Å². The molecule has 0 unspecified atom stereocenters. The number of nitrogens with zero attached hydrogens (tertiary/aromatic N) is 4. The zero-order valence-electron chi connectivity index (χ0n) is 18.3. The first-order chi connectivity index (χ1) is 15.8. The molecule has 10 heteroatoms. The highest BCUT2D eigenvalue weighted by atomic mass is 32.2. The van der Waals surface area contributed by atoms with E-state index in [1.807, 2.05) is 31.3 Å². The Morgan fingerprint density at radius 3 is 2.30 bits per heavy atom. The van der Waals surface area contributed by atoms with Crippen LogP contribution in [0.2, 0.25) is 0 Å². The number of hydrogen-bond donors (Lipinski definition) is 1. The fraction of sp³-hybridized carbons (Fsp3) is 0.217. The molecule has 0 bridgehead atoms. The molecule has 33 heavy (non-hydrogen) atoms. The summed E-state index contributed by atoms with van der Waals surface area (Å²) in [7, 11) is -1.86. The molecule has 2 aromatic heterocycles. The first-order valence-corrected chi connectivity index (χ1v) is 11.8. The van der Waals surface area contributed by atoms with Gasteiger partial charge >= 0.3 is 0 Å². The summed E-state index contributed by atoms with van der Waals surface area (Å²) < 4.78 is 45.0. The van der Waals surface area contributed by atoms with E-state index in [9.17, 15) is 12.8 Å². The first-order valence-electron chi connectivity index (χ1n) is 10.2. The smallest absolute Gasteiger partial charge is 0.268 e. The van der Waals surface area contributed by atoms with E-state index < -0.39 is 20.9 Å². The Morgan fingerprint density at radius 1 is 0.970 bits per heavy atom. The van der Waals surface area contributed by atoms with Crippen molar-refractivity contribution in [2.24, 2.45) is 0 Å². The Balaban J connectivity index is 1.62. The quantitative estimate of drug-likeness (QED) is 0.436. The maximum atomic E-state index is 14.6. The zero-order valence-corrected chi connectivity index (χ0v) is 19.1. The van der Waals surface area contributed by atoms with Gasteiger partial charge in [0, 0.05) is 17.7 Å². The molecule has 0 fully saturated rings. The second-order valence-electron chi connectivity index (χ2n) is 7.67.